The lowest BCUT2D eigenvalue weighted by atomic mass is 9.96. The van der Waals surface area contributed by atoms with Crippen LogP contribution in [0.3, 0.4) is 0 Å². The van der Waals surface area contributed by atoms with Gasteiger partial charge in [-0.05, 0) is 32.4 Å². The lowest BCUT2D eigenvalue weighted by Gasteiger charge is -2.23. The first kappa shape index (κ1) is 25.1. The van der Waals surface area contributed by atoms with E-state index in [9.17, 15) is 0 Å². The Morgan fingerprint density at radius 2 is 1.42 bits per heavy atom. The van der Waals surface area contributed by atoms with E-state index in [4.69, 9.17) is 9.47 Å². The van der Waals surface area contributed by atoms with Crippen molar-refractivity contribution < 1.29 is 9.47 Å². The second kappa shape index (κ2) is 14.6. The normalized spacial score (nSPS) is 14.2. The highest BCUT2D eigenvalue weighted by molar-refractivity contribution is 5.43. The molecule has 1 heterocycles. The van der Waals surface area contributed by atoms with E-state index < -0.39 is 0 Å². The molecule has 0 radical (unpaired) electrons. The molecule has 1 saturated carbocycles. The van der Waals surface area contributed by atoms with Crippen molar-refractivity contribution in [2.75, 3.05) is 62.5 Å². The summed E-state index contributed by atoms with van der Waals surface area (Å²) in [5.41, 5.74) is 2.43. The lowest BCUT2D eigenvalue weighted by molar-refractivity contribution is 0.0531. The average molecular weight is 458 g/mol. The fourth-order valence-corrected chi connectivity index (χ4v) is 3.65. The zero-order valence-corrected chi connectivity index (χ0v) is 20.0. The number of rotatable bonds is 15. The summed E-state index contributed by atoms with van der Waals surface area (Å²) < 4.78 is 11.1. The third-order valence-electron chi connectivity index (χ3n) is 5.54. The molecule has 33 heavy (non-hydrogen) atoms. The Labute approximate surface area is 197 Å². The van der Waals surface area contributed by atoms with Crippen LogP contribution < -0.4 is 21.3 Å². The molecule has 0 atom stereocenters. The number of benzene rings is 1. The van der Waals surface area contributed by atoms with Crippen molar-refractivity contribution >= 4 is 17.8 Å². The van der Waals surface area contributed by atoms with Crippen molar-refractivity contribution in [2.45, 2.75) is 51.6 Å². The van der Waals surface area contributed by atoms with E-state index in [2.05, 4.69) is 67.4 Å². The fraction of sp³-hybridized carbons (Fsp3) is 0.625. The van der Waals surface area contributed by atoms with Gasteiger partial charge in [-0.1, -0.05) is 49.1 Å². The smallest absolute Gasteiger partial charge is 0.229 e. The Hall–Kier alpha value is -2.49. The monoisotopic (exact) mass is 457 g/mol. The first-order valence-electron chi connectivity index (χ1n) is 12.1. The third-order valence-corrected chi connectivity index (χ3v) is 5.54. The molecule has 9 heteroatoms. The Kier molecular flexibility index (Phi) is 11.1. The first-order valence-corrected chi connectivity index (χ1v) is 12.1. The molecular formula is C24H39N7O2. The van der Waals surface area contributed by atoms with Gasteiger partial charge in [0.25, 0.3) is 0 Å². The molecule has 0 unspecified atom stereocenters. The number of hydrogen-bond acceptors (Lipinski definition) is 9. The zero-order chi connectivity index (χ0) is 23.1. The molecule has 1 aliphatic carbocycles. The maximum atomic E-state index is 5.62. The quantitative estimate of drug-likeness (QED) is 0.300. The molecule has 0 bridgehead atoms. The Balaban J connectivity index is 1.51. The molecule has 182 valence electrons. The second-order valence-electron chi connectivity index (χ2n) is 8.38. The molecule has 1 fully saturated rings. The minimum Gasteiger partial charge on any atom is -0.378 e. The number of likely N-dealkylation sites (N-methyl/N-ethyl adjacent to an activating group) is 1. The van der Waals surface area contributed by atoms with Crippen LogP contribution in [0.25, 0.3) is 0 Å². The van der Waals surface area contributed by atoms with Gasteiger partial charge in [0, 0.05) is 25.7 Å². The highest BCUT2D eigenvalue weighted by atomic mass is 16.5. The van der Waals surface area contributed by atoms with E-state index in [1.54, 1.807) is 0 Å². The number of nitrogens with zero attached hydrogens (tertiary/aromatic N) is 3. The summed E-state index contributed by atoms with van der Waals surface area (Å²) in [5.74, 6) is 1.72. The molecule has 0 spiro atoms. The van der Waals surface area contributed by atoms with Gasteiger partial charge in [-0.15, -0.1) is 0 Å². The molecule has 0 saturated heterocycles. The van der Waals surface area contributed by atoms with Crippen molar-refractivity contribution in [3.63, 3.8) is 0 Å². The van der Waals surface area contributed by atoms with Gasteiger partial charge < -0.3 is 30.7 Å². The van der Waals surface area contributed by atoms with Crippen LogP contribution in [0.15, 0.2) is 24.3 Å². The maximum absolute atomic E-state index is 5.62. The summed E-state index contributed by atoms with van der Waals surface area (Å²) in [6.07, 6.45) is 6.13. The number of aromatic nitrogens is 3. The standard InChI is InChI=1S/C24H39N7O2/c1-19-8-10-20(11-9-19)18-27-23-29-22(26-13-15-33-17-16-32-14-12-25-2)30-24(31-23)28-21-6-4-3-5-7-21/h8-11,21,25H,3-7,12-18H2,1-2H3,(H3,26,27,28,29,30,31). The molecule has 0 amide bonds. The Morgan fingerprint density at radius 1 is 0.788 bits per heavy atom. The van der Waals surface area contributed by atoms with Crippen molar-refractivity contribution in [2.24, 2.45) is 0 Å². The molecule has 3 rings (SSSR count). The lowest BCUT2D eigenvalue weighted by Crippen LogP contribution is -2.24. The highest BCUT2D eigenvalue weighted by Gasteiger charge is 2.15. The predicted octanol–water partition coefficient (Wildman–Crippen LogP) is 3.20. The van der Waals surface area contributed by atoms with E-state index in [1.165, 1.54) is 30.4 Å². The van der Waals surface area contributed by atoms with Crippen LogP contribution in [0, 0.1) is 6.92 Å². The molecule has 4 N–H and O–H groups in total. The van der Waals surface area contributed by atoms with Gasteiger partial charge in [-0.2, -0.15) is 15.0 Å². The van der Waals surface area contributed by atoms with Crippen LogP contribution in [0.5, 0.6) is 0 Å². The second-order valence-corrected chi connectivity index (χ2v) is 8.38. The predicted molar refractivity (Wildman–Crippen MR) is 133 cm³/mol. The van der Waals surface area contributed by atoms with E-state index in [0.29, 0.717) is 63.4 Å². The SMILES string of the molecule is CNCCOCCOCCNc1nc(NCc2ccc(C)cc2)nc(NC2CCCCC2)n1. The summed E-state index contributed by atoms with van der Waals surface area (Å²) in [5, 5.41) is 13.2. The fourth-order valence-electron chi connectivity index (χ4n) is 3.65. The van der Waals surface area contributed by atoms with Crippen LogP contribution >= 0.6 is 0 Å². The summed E-state index contributed by atoms with van der Waals surface area (Å²) in [6, 6.07) is 8.87. The topological polar surface area (TPSA) is 105 Å². The Morgan fingerprint density at radius 3 is 2.12 bits per heavy atom. The average Bonchev–Trinajstić information content (AvgIpc) is 2.83. The number of nitrogens with one attached hydrogen (secondary N) is 4. The number of ether oxygens (including phenoxy) is 2. The maximum Gasteiger partial charge on any atom is 0.229 e. The zero-order valence-electron chi connectivity index (χ0n) is 20.0. The summed E-state index contributed by atoms with van der Waals surface area (Å²) >= 11 is 0. The van der Waals surface area contributed by atoms with Gasteiger partial charge in [0.2, 0.25) is 17.8 Å². The van der Waals surface area contributed by atoms with Crippen LogP contribution in [-0.2, 0) is 16.0 Å². The summed E-state index contributed by atoms with van der Waals surface area (Å²) in [7, 11) is 1.91. The van der Waals surface area contributed by atoms with Crippen LogP contribution in [0.2, 0.25) is 0 Å². The van der Waals surface area contributed by atoms with Gasteiger partial charge in [0.15, 0.2) is 0 Å². The minimum absolute atomic E-state index is 0.421. The molecule has 0 aliphatic heterocycles. The van der Waals surface area contributed by atoms with Gasteiger partial charge in [-0.3, -0.25) is 0 Å². The molecule has 2 aromatic rings. The van der Waals surface area contributed by atoms with E-state index >= 15 is 0 Å². The van der Waals surface area contributed by atoms with E-state index in [-0.39, 0.29) is 0 Å². The number of hydrogen-bond donors (Lipinski definition) is 4. The van der Waals surface area contributed by atoms with Crippen LogP contribution in [0.4, 0.5) is 17.8 Å². The largest absolute Gasteiger partial charge is 0.378 e. The molecule has 1 aliphatic rings. The van der Waals surface area contributed by atoms with Crippen LogP contribution in [-0.4, -0.2) is 67.6 Å². The summed E-state index contributed by atoms with van der Waals surface area (Å²) in [4.78, 5) is 13.8. The number of aryl methyl sites for hydroxylation is 1. The molecular weight excluding hydrogens is 418 g/mol. The van der Waals surface area contributed by atoms with Crippen molar-refractivity contribution in [3.05, 3.63) is 35.4 Å². The van der Waals surface area contributed by atoms with E-state index in [0.717, 1.165) is 19.4 Å². The van der Waals surface area contributed by atoms with Crippen molar-refractivity contribution in [3.8, 4) is 0 Å². The summed E-state index contributed by atoms with van der Waals surface area (Å²) in [6.45, 7) is 6.61. The molecule has 1 aromatic carbocycles. The van der Waals surface area contributed by atoms with Gasteiger partial charge in [0.1, 0.15) is 0 Å². The van der Waals surface area contributed by atoms with Gasteiger partial charge in [0.05, 0.1) is 26.4 Å². The highest BCUT2D eigenvalue weighted by Crippen LogP contribution is 2.21. The van der Waals surface area contributed by atoms with Gasteiger partial charge in [-0.25, -0.2) is 0 Å². The Bertz CT molecular complexity index is 798. The van der Waals surface area contributed by atoms with E-state index in [1.807, 2.05) is 7.05 Å². The third kappa shape index (κ3) is 9.89. The van der Waals surface area contributed by atoms with Crippen molar-refractivity contribution in [1.29, 1.82) is 0 Å². The molecule has 1 aromatic heterocycles. The first-order chi connectivity index (χ1) is 16.2. The molecule has 9 nitrogen and oxygen atoms in total. The minimum atomic E-state index is 0.421. The number of anilines is 3. The van der Waals surface area contributed by atoms with Gasteiger partial charge >= 0.3 is 0 Å². The van der Waals surface area contributed by atoms with Crippen LogP contribution in [0.1, 0.15) is 43.2 Å². The van der Waals surface area contributed by atoms with Crippen molar-refractivity contribution in [1.82, 2.24) is 20.3 Å².